The largest absolute Gasteiger partial charge is 0.368 e. The number of nitrogens with zero attached hydrogens (tertiary/aromatic N) is 4. The number of nitrogens with one attached hydrogen (secondary N) is 1. The SMILES string of the molecule is Cc1ccc(Nc2nccc(N3CCN(c4ccccc4)CC3)n2)cc1. The minimum Gasteiger partial charge on any atom is -0.368 e. The first kappa shape index (κ1) is 16.4. The van der Waals surface area contributed by atoms with Crippen molar-refractivity contribution in [3.8, 4) is 0 Å². The van der Waals surface area contributed by atoms with Crippen molar-refractivity contribution in [2.24, 2.45) is 0 Å². The molecule has 0 unspecified atom stereocenters. The maximum absolute atomic E-state index is 4.70. The third-order valence-electron chi connectivity index (χ3n) is 4.67. The Morgan fingerprint density at radius 1 is 0.808 bits per heavy atom. The van der Waals surface area contributed by atoms with Crippen molar-refractivity contribution in [2.45, 2.75) is 6.92 Å². The number of anilines is 4. The summed E-state index contributed by atoms with van der Waals surface area (Å²) in [7, 11) is 0. The number of benzene rings is 2. The van der Waals surface area contributed by atoms with Gasteiger partial charge in [-0.25, -0.2) is 4.98 Å². The highest BCUT2D eigenvalue weighted by Crippen LogP contribution is 2.20. The summed E-state index contributed by atoms with van der Waals surface area (Å²) in [4.78, 5) is 13.8. The molecule has 26 heavy (non-hydrogen) atoms. The summed E-state index contributed by atoms with van der Waals surface area (Å²) in [5.74, 6) is 1.61. The Bertz CT molecular complexity index is 840. The van der Waals surface area contributed by atoms with Gasteiger partial charge >= 0.3 is 0 Å². The summed E-state index contributed by atoms with van der Waals surface area (Å²) in [6, 6.07) is 20.8. The van der Waals surface area contributed by atoms with Gasteiger partial charge in [0.2, 0.25) is 5.95 Å². The lowest BCUT2D eigenvalue weighted by molar-refractivity contribution is 0.647. The summed E-state index contributed by atoms with van der Waals surface area (Å²) in [5, 5.41) is 3.29. The van der Waals surface area contributed by atoms with Crippen molar-refractivity contribution in [1.29, 1.82) is 0 Å². The lowest BCUT2D eigenvalue weighted by Gasteiger charge is -2.36. The van der Waals surface area contributed by atoms with Gasteiger partial charge in [-0.3, -0.25) is 0 Å². The zero-order valence-electron chi connectivity index (χ0n) is 15.0. The minimum absolute atomic E-state index is 0.636. The van der Waals surface area contributed by atoms with Gasteiger partial charge < -0.3 is 15.1 Å². The first-order valence-corrected chi connectivity index (χ1v) is 9.00. The Labute approximate surface area is 154 Å². The van der Waals surface area contributed by atoms with Gasteiger partial charge in [0.25, 0.3) is 0 Å². The standard InChI is InChI=1S/C21H23N5/c1-17-7-9-18(10-8-17)23-21-22-12-11-20(24-21)26-15-13-25(14-16-26)19-5-3-2-4-6-19/h2-12H,13-16H2,1H3,(H,22,23,24). The summed E-state index contributed by atoms with van der Waals surface area (Å²) in [6.45, 7) is 5.98. The molecule has 0 amide bonds. The van der Waals surface area contributed by atoms with Crippen molar-refractivity contribution in [1.82, 2.24) is 9.97 Å². The molecule has 2 heterocycles. The number of rotatable bonds is 4. The van der Waals surface area contributed by atoms with E-state index in [1.807, 2.05) is 24.4 Å². The fourth-order valence-electron chi connectivity index (χ4n) is 3.18. The average Bonchev–Trinajstić information content (AvgIpc) is 2.71. The fourth-order valence-corrected chi connectivity index (χ4v) is 3.18. The van der Waals surface area contributed by atoms with Crippen LogP contribution in [0.25, 0.3) is 0 Å². The zero-order chi connectivity index (χ0) is 17.8. The van der Waals surface area contributed by atoms with Crippen molar-refractivity contribution in [3.05, 3.63) is 72.4 Å². The number of hydrogen-bond acceptors (Lipinski definition) is 5. The quantitative estimate of drug-likeness (QED) is 0.778. The van der Waals surface area contributed by atoms with Crippen LogP contribution in [0, 0.1) is 6.92 Å². The molecule has 0 atom stereocenters. The van der Waals surface area contributed by atoms with E-state index < -0.39 is 0 Å². The van der Waals surface area contributed by atoms with Gasteiger partial charge in [-0.05, 0) is 37.3 Å². The molecule has 5 nitrogen and oxygen atoms in total. The molecule has 132 valence electrons. The molecule has 1 saturated heterocycles. The van der Waals surface area contributed by atoms with Crippen LogP contribution in [0.1, 0.15) is 5.56 Å². The molecule has 3 aromatic rings. The molecule has 1 aliphatic heterocycles. The molecule has 0 radical (unpaired) electrons. The van der Waals surface area contributed by atoms with Gasteiger partial charge in [-0.15, -0.1) is 0 Å². The van der Waals surface area contributed by atoms with Crippen LogP contribution in [0.2, 0.25) is 0 Å². The molecule has 0 saturated carbocycles. The molecule has 5 heteroatoms. The lowest BCUT2D eigenvalue weighted by atomic mass is 10.2. The van der Waals surface area contributed by atoms with Gasteiger partial charge in [-0.2, -0.15) is 4.98 Å². The second kappa shape index (κ2) is 7.44. The summed E-state index contributed by atoms with van der Waals surface area (Å²) in [5.41, 5.74) is 3.53. The van der Waals surface area contributed by atoms with E-state index >= 15 is 0 Å². The normalized spacial score (nSPS) is 14.3. The average molecular weight is 345 g/mol. The maximum atomic E-state index is 4.70. The van der Waals surface area contributed by atoms with Crippen molar-refractivity contribution < 1.29 is 0 Å². The summed E-state index contributed by atoms with van der Waals surface area (Å²) < 4.78 is 0. The molecule has 1 aromatic heterocycles. The highest BCUT2D eigenvalue weighted by Gasteiger charge is 2.18. The smallest absolute Gasteiger partial charge is 0.229 e. The maximum Gasteiger partial charge on any atom is 0.229 e. The van der Waals surface area contributed by atoms with Crippen molar-refractivity contribution >= 4 is 23.1 Å². The van der Waals surface area contributed by atoms with Crippen LogP contribution < -0.4 is 15.1 Å². The predicted molar refractivity (Wildman–Crippen MR) is 107 cm³/mol. The first-order valence-electron chi connectivity index (χ1n) is 9.00. The second-order valence-electron chi connectivity index (χ2n) is 6.54. The van der Waals surface area contributed by atoms with E-state index in [1.54, 1.807) is 0 Å². The number of para-hydroxylation sites is 1. The topological polar surface area (TPSA) is 44.3 Å². The molecule has 1 fully saturated rings. The van der Waals surface area contributed by atoms with Gasteiger partial charge in [0.1, 0.15) is 5.82 Å². The number of piperazine rings is 1. The molecule has 0 aliphatic carbocycles. The molecule has 1 aliphatic rings. The van der Waals surface area contributed by atoms with E-state index in [9.17, 15) is 0 Å². The Hall–Kier alpha value is -3.08. The molecule has 0 bridgehead atoms. The van der Waals surface area contributed by atoms with Crippen molar-refractivity contribution in [2.75, 3.05) is 41.3 Å². The Balaban J connectivity index is 1.42. The molecular weight excluding hydrogens is 322 g/mol. The van der Waals surface area contributed by atoms with E-state index in [4.69, 9.17) is 4.98 Å². The van der Waals surface area contributed by atoms with Crippen molar-refractivity contribution in [3.63, 3.8) is 0 Å². The van der Waals surface area contributed by atoms with E-state index in [2.05, 4.69) is 69.5 Å². The predicted octanol–water partition coefficient (Wildman–Crippen LogP) is 3.86. The highest BCUT2D eigenvalue weighted by atomic mass is 15.3. The minimum atomic E-state index is 0.636. The molecular formula is C21H23N5. The zero-order valence-corrected chi connectivity index (χ0v) is 15.0. The third-order valence-corrected chi connectivity index (χ3v) is 4.67. The Morgan fingerprint density at radius 2 is 1.50 bits per heavy atom. The summed E-state index contributed by atoms with van der Waals surface area (Å²) >= 11 is 0. The molecule has 4 rings (SSSR count). The highest BCUT2D eigenvalue weighted by molar-refractivity contribution is 5.56. The van der Waals surface area contributed by atoms with Crippen LogP contribution in [0.3, 0.4) is 0 Å². The fraction of sp³-hybridized carbons (Fsp3) is 0.238. The van der Waals surface area contributed by atoms with E-state index in [-0.39, 0.29) is 0 Å². The molecule has 2 aromatic carbocycles. The van der Waals surface area contributed by atoms with Crippen LogP contribution in [0.4, 0.5) is 23.1 Å². The second-order valence-corrected chi connectivity index (χ2v) is 6.54. The van der Waals surface area contributed by atoms with Crippen LogP contribution in [0.5, 0.6) is 0 Å². The van der Waals surface area contributed by atoms with Gasteiger partial charge in [0.05, 0.1) is 0 Å². The van der Waals surface area contributed by atoms with E-state index in [0.717, 1.165) is 37.7 Å². The van der Waals surface area contributed by atoms with Gasteiger partial charge in [0.15, 0.2) is 0 Å². The van der Waals surface area contributed by atoms with E-state index in [0.29, 0.717) is 5.95 Å². The van der Waals surface area contributed by atoms with Crippen LogP contribution in [-0.4, -0.2) is 36.1 Å². The number of aryl methyl sites for hydroxylation is 1. The summed E-state index contributed by atoms with van der Waals surface area (Å²) in [6.07, 6.45) is 1.82. The molecule has 0 spiro atoms. The van der Waals surface area contributed by atoms with Crippen LogP contribution >= 0.6 is 0 Å². The van der Waals surface area contributed by atoms with Crippen LogP contribution in [-0.2, 0) is 0 Å². The van der Waals surface area contributed by atoms with Gasteiger partial charge in [0, 0.05) is 43.8 Å². The Kier molecular flexibility index (Phi) is 4.69. The number of hydrogen-bond donors (Lipinski definition) is 1. The number of aromatic nitrogens is 2. The third kappa shape index (κ3) is 3.77. The monoisotopic (exact) mass is 345 g/mol. The van der Waals surface area contributed by atoms with Crippen LogP contribution in [0.15, 0.2) is 66.9 Å². The van der Waals surface area contributed by atoms with E-state index in [1.165, 1.54) is 11.3 Å². The lowest BCUT2D eigenvalue weighted by Crippen LogP contribution is -2.46. The first-order chi connectivity index (χ1) is 12.8. The Morgan fingerprint density at radius 3 is 2.23 bits per heavy atom. The molecule has 1 N–H and O–H groups in total. The van der Waals surface area contributed by atoms with Gasteiger partial charge in [-0.1, -0.05) is 35.9 Å².